The van der Waals surface area contributed by atoms with Gasteiger partial charge in [-0.15, -0.1) is 0 Å². The lowest BCUT2D eigenvalue weighted by molar-refractivity contribution is -0.132. The van der Waals surface area contributed by atoms with Crippen LogP contribution < -0.4 is 21.0 Å². The molecule has 1 saturated carbocycles. The van der Waals surface area contributed by atoms with Crippen molar-refractivity contribution >= 4 is 35.0 Å². The van der Waals surface area contributed by atoms with Crippen LogP contribution in [0, 0.1) is 11.6 Å². The van der Waals surface area contributed by atoms with Gasteiger partial charge in [0.1, 0.15) is 11.8 Å². The number of nitrogens with zero attached hydrogens (tertiary/aromatic N) is 2. The van der Waals surface area contributed by atoms with Gasteiger partial charge in [-0.1, -0.05) is 25.3 Å². The Labute approximate surface area is 227 Å². The number of carbonyl (C=O) groups excluding carboxylic acids is 3. The average molecular weight is 565 g/mol. The lowest BCUT2D eigenvalue weighted by atomic mass is 9.94. The first-order valence-electron chi connectivity index (χ1n) is 12.8. The summed E-state index contributed by atoms with van der Waals surface area (Å²) in [6.45, 7) is -0.669. The lowest BCUT2D eigenvalue weighted by Crippen LogP contribution is -2.38. The van der Waals surface area contributed by atoms with E-state index in [1.54, 1.807) is 11.9 Å². The molecule has 0 unspecified atom stereocenters. The number of nitrogens with one attached hydrogen (secondary N) is 2. The number of ether oxygens (including phenoxy) is 1. The van der Waals surface area contributed by atoms with Crippen molar-refractivity contribution in [3.63, 3.8) is 0 Å². The van der Waals surface area contributed by atoms with Crippen molar-refractivity contribution in [1.82, 2.24) is 10.2 Å². The summed E-state index contributed by atoms with van der Waals surface area (Å²) < 4.78 is 59.9. The van der Waals surface area contributed by atoms with Gasteiger partial charge in [0.25, 0.3) is 11.8 Å². The van der Waals surface area contributed by atoms with Gasteiger partial charge in [0.15, 0.2) is 11.6 Å². The minimum atomic E-state index is -3.25. The number of carbonyl (C=O) groups is 3. The third kappa shape index (κ3) is 6.52. The zero-order valence-corrected chi connectivity index (χ0v) is 21.6. The molecule has 13 heteroatoms. The summed E-state index contributed by atoms with van der Waals surface area (Å²) in [5.41, 5.74) is -1.58. The molecule has 1 aliphatic heterocycles. The number of benzene rings is 1. The molecule has 0 aromatic heterocycles. The molecule has 1 heterocycles. The van der Waals surface area contributed by atoms with Crippen LogP contribution >= 0.6 is 0 Å². The van der Waals surface area contributed by atoms with E-state index in [0.717, 1.165) is 55.2 Å². The van der Waals surface area contributed by atoms with Gasteiger partial charge in [0, 0.05) is 30.8 Å². The Balaban J connectivity index is 1.52. The zero-order valence-electron chi connectivity index (χ0n) is 21.6. The van der Waals surface area contributed by atoms with Crippen LogP contribution in [0.25, 0.3) is 0 Å². The molecule has 1 aliphatic carbocycles. The molecule has 1 atom stereocenters. The fraction of sp³-hybridized carbons (Fsp3) is 0.407. The average Bonchev–Trinajstić information content (AvgIpc) is 3.21. The monoisotopic (exact) mass is 564 g/mol. The SMILES string of the molecule is CN(C(=O)c1cccc(=O)c(Nc2c(F)cc(N3C[C@H](CNC(=O)C(F)F)OC3=O)cc2F)c1)C1CCCCC1. The number of alkyl halides is 2. The van der Waals surface area contributed by atoms with E-state index in [9.17, 15) is 28.0 Å². The summed E-state index contributed by atoms with van der Waals surface area (Å²) in [5.74, 6) is -4.15. The highest BCUT2D eigenvalue weighted by Gasteiger charge is 2.34. The van der Waals surface area contributed by atoms with Gasteiger partial charge in [0.2, 0.25) is 5.43 Å². The van der Waals surface area contributed by atoms with Gasteiger partial charge in [-0.2, -0.15) is 8.78 Å². The Kier molecular flexibility index (Phi) is 8.90. The Morgan fingerprint density at radius 3 is 2.40 bits per heavy atom. The number of halogens is 4. The Hall–Kier alpha value is -4.16. The summed E-state index contributed by atoms with van der Waals surface area (Å²) in [4.78, 5) is 51.5. The van der Waals surface area contributed by atoms with E-state index in [-0.39, 0.29) is 35.4 Å². The third-order valence-corrected chi connectivity index (χ3v) is 6.95. The van der Waals surface area contributed by atoms with Gasteiger partial charge in [-0.05, 0) is 31.0 Å². The van der Waals surface area contributed by atoms with Gasteiger partial charge < -0.3 is 20.3 Å². The van der Waals surface area contributed by atoms with Crippen LogP contribution in [0.2, 0.25) is 0 Å². The molecule has 0 spiro atoms. The first-order chi connectivity index (χ1) is 19.0. The van der Waals surface area contributed by atoms with E-state index in [1.165, 1.54) is 18.2 Å². The molecule has 214 valence electrons. The van der Waals surface area contributed by atoms with Crippen LogP contribution in [-0.2, 0) is 9.53 Å². The fourth-order valence-corrected chi connectivity index (χ4v) is 4.77. The summed E-state index contributed by atoms with van der Waals surface area (Å²) in [6, 6.07) is 7.00. The van der Waals surface area contributed by atoms with Crippen LogP contribution in [0.1, 0.15) is 42.5 Å². The molecule has 40 heavy (non-hydrogen) atoms. The van der Waals surface area contributed by atoms with Crippen molar-refractivity contribution in [2.24, 2.45) is 0 Å². The van der Waals surface area contributed by atoms with Crippen LogP contribution in [-0.4, -0.2) is 61.5 Å². The maximum Gasteiger partial charge on any atom is 0.414 e. The quantitative estimate of drug-likeness (QED) is 0.466. The number of rotatable bonds is 8. The van der Waals surface area contributed by atoms with E-state index in [4.69, 9.17) is 4.74 Å². The minimum Gasteiger partial charge on any atom is -0.442 e. The fourth-order valence-electron chi connectivity index (χ4n) is 4.77. The molecule has 0 bridgehead atoms. The van der Waals surface area contributed by atoms with Crippen molar-refractivity contribution in [2.45, 2.75) is 50.7 Å². The van der Waals surface area contributed by atoms with Gasteiger partial charge >= 0.3 is 12.5 Å². The first-order valence-corrected chi connectivity index (χ1v) is 12.8. The number of hydrogen-bond donors (Lipinski definition) is 2. The summed E-state index contributed by atoms with van der Waals surface area (Å²) in [7, 11) is 1.69. The minimum absolute atomic E-state index is 0.0646. The Morgan fingerprint density at radius 2 is 1.75 bits per heavy atom. The van der Waals surface area contributed by atoms with E-state index in [1.807, 2.05) is 5.32 Å². The summed E-state index contributed by atoms with van der Waals surface area (Å²) >= 11 is 0. The first kappa shape index (κ1) is 28.8. The largest absolute Gasteiger partial charge is 0.442 e. The third-order valence-electron chi connectivity index (χ3n) is 6.95. The molecule has 3 amide bonds. The van der Waals surface area contributed by atoms with Gasteiger partial charge in [-0.3, -0.25) is 19.3 Å². The maximum absolute atomic E-state index is 15.1. The number of cyclic esters (lactones) is 1. The highest BCUT2D eigenvalue weighted by molar-refractivity contribution is 5.95. The molecule has 0 radical (unpaired) electrons. The molecule has 1 saturated heterocycles. The highest BCUT2D eigenvalue weighted by Crippen LogP contribution is 2.30. The normalized spacial score (nSPS) is 17.5. The van der Waals surface area contributed by atoms with E-state index in [0.29, 0.717) is 0 Å². The second-order valence-electron chi connectivity index (χ2n) is 9.68. The second kappa shape index (κ2) is 12.3. The number of amides is 3. The van der Waals surface area contributed by atoms with Crippen molar-refractivity contribution < 1.29 is 36.7 Å². The van der Waals surface area contributed by atoms with Crippen LogP contribution in [0.3, 0.4) is 0 Å². The molecule has 2 aliphatic rings. The predicted octanol–water partition coefficient (Wildman–Crippen LogP) is 4.18. The van der Waals surface area contributed by atoms with E-state index < -0.39 is 53.8 Å². The molecule has 2 aromatic carbocycles. The Morgan fingerprint density at radius 1 is 1.07 bits per heavy atom. The van der Waals surface area contributed by atoms with Crippen molar-refractivity contribution in [3.05, 3.63) is 63.8 Å². The topological polar surface area (TPSA) is 108 Å². The van der Waals surface area contributed by atoms with Crippen LogP contribution in [0.4, 0.5) is 39.4 Å². The number of anilines is 3. The van der Waals surface area contributed by atoms with E-state index in [2.05, 4.69) is 5.32 Å². The molecule has 2 aromatic rings. The molecular formula is C27H28F4N4O5. The summed E-state index contributed by atoms with van der Waals surface area (Å²) in [5, 5.41) is 4.35. The summed E-state index contributed by atoms with van der Waals surface area (Å²) in [6.07, 6.45) is -0.363. The molecule has 4 rings (SSSR count). The molecule has 9 nitrogen and oxygen atoms in total. The number of hydrogen-bond acceptors (Lipinski definition) is 6. The lowest BCUT2D eigenvalue weighted by Gasteiger charge is -2.31. The van der Waals surface area contributed by atoms with Crippen molar-refractivity contribution in [3.8, 4) is 0 Å². The van der Waals surface area contributed by atoms with Crippen molar-refractivity contribution in [2.75, 3.05) is 30.4 Å². The molecule has 2 N–H and O–H groups in total. The van der Waals surface area contributed by atoms with Gasteiger partial charge in [0.05, 0.1) is 24.5 Å². The maximum atomic E-state index is 15.1. The smallest absolute Gasteiger partial charge is 0.414 e. The molecule has 2 fully saturated rings. The van der Waals surface area contributed by atoms with Crippen LogP contribution in [0.15, 0.2) is 41.2 Å². The molecular weight excluding hydrogens is 536 g/mol. The van der Waals surface area contributed by atoms with Crippen LogP contribution in [0.5, 0.6) is 0 Å². The van der Waals surface area contributed by atoms with Gasteiger partial charge in [-0.25, -0.2) is 13.6 Å². The van der Waals surface area contributed by atoms with Crippen molar-refractivity contribution in [1.29, 1.82) is 0 Å². The second-order valence-corrected chi connectivity index (χ2v) is 9.68. The highest BCUT2D eigenvalue weighted by atomic mass is 19.3. The zero-order chi connectivity index (χ0) is 29.0. The Bertz CT molecular complexity index is 1330. The van der Waals surface area contributed by atoms with E-state index >= 15 is 8.78 Å². The standard InChI is InChI=1S/C27H28F4N4O5/c1-34(16-7-3-2-4-8-16)26(38)15-6-5-9-22(36)21(10-15)33-23-19(28)11-17(12-20(23)29)35-14-18(40-27(35)39)13-32-25(37)24(30)31/h5-6,9-12,16,18,24H,2-4,7-8,13-14H2,1H3,(H,32,37)(H,33,36)/t18-/m0/s1. The predicted molar refractivity (Wildman–Crippen MR) is 138 cm³/mol.